The first kappa shape index (κ1) is 26.8. The molecule has 2 saturated heterocycles. The van der Waals surface area contributed by atoms with Crippen molar-refractivity contribution in [2.75, 3.05) is 19.8 Å². The molecule has 2 rings (SSSR count). The fourth-order valence-electron chi connectivity index (χ4n) is 3.80. The molecule has 184 valence electrons. The molecule has 2 aliphatic rings. The molecular formula is C20H38O11. The van der Waals surface area contributed by atoms with Crippen LogP contribution in [-0.4, -0.2) is 117 Å². The van der Waals surface area contributed by atoms with Crippen molar-refractivity contribution in [2.45, 2.75) is 107 Å². The van der Waals surface area contributed by atoms with Gasteiger partial charge in [0.2, 0.25) is 0 Å². The van der Waals surface area contributed by atoms with Gasteiger partial charge in [-0.1, -0.05) is 39.0 Å². The van der Waals surface area contributed by atoms with Gasteiger partial charge in [0.25, 0.3) is 0 Å². The Morgan fingerprint density at radius 1 is 0.774 bits per heavy atom. The average molecular weight is 455 g/mol. The fourth-order valence-corrected chi connectivity index (χ4v) is 3.80. The summed E-state index contributed by atoms with van der Waals surface area (Å²) >= 11 is 0. The minimum atomic E-state index is -1.51. The third-order valence-electron chi connectivity index (χ3n) is 5.69. The Morgan fingerprint density at radius 2 is 1.42 bits per heavy atom. The topological polar surface area (TPSA) is 179 Å². The van der Waals surface area contributed by atoms with Gasteiger partial charge in [0.1, 0.15) is 48.8 Å². The van der Waals surface area contributed by atoms with Gasteiger partial charge in [0, 0.05) is 6.61 Å². The number of rotatable bonds is 14. The summed E-state index contributed by atoms with van der Waals surface area (Å²) < 4.78 is 21.2. The zero-order valence-corrected chi connectivity index (χ0v) is 17.9. The molecule has 11 heteroatoms. The number of hydrogen-bond donors (Lipinski definition) is 7. The third kappa shape index (κ3) is 7.27. The molecule has 0 aliphatic carbocycles. The smallest absolute Gasteiger partial charge is 0.186 e. The molecule has 0 aromatic rings. The van der Waals surface area contributed by atoms with Crippen LogP contribution in [0.5, 0.6) is 0 Å². The van der Waals surface area contributed by atoms with Crippen molar-refractivity contribution >= 4 is 0 Å². The first-order valence-corrected chi connectivity index (χ1v) is 11.0. The number of aliphatic hydroxyl groups excluding tert-OH is 7. The quantitative estimate of drug-likeness (QED) is 0.144. The summed E-state index contributed by atoms with van der Waals surface area (Å²) in [7, 11) is 0. The molecule has 2 heterocycles. The largest absolute Gasteiger partial charge is 0.394 e. The Bertz CT molecular complexity index is 496. The number of unbranched alkanes of at least 4 members (excludes halogenated alkanes) is 5. The Balaban J connectivity index is 1.74. The highest BCUT2D eigenvalue weighted by Gasteiger charge is 2.49. The van der Waals surface area contributed by atoms with Crippen molar-refractivity contribution in [1.29, 1.82) is 0 Å². The molecule has 0 unspecified atom stereocenters. The molecule has 31 heavy (non-hydrogen) atoms. The Morgan fingerprint density at radius 3 is 2.10 bits per heavy atom. The first-order chi connectivity index (χ1) is 14.8. The second kappa shape index (κ2) is 13.3. The standard InChI is InChI=1S/C20H38O11/c1-2-3-4-5-6-7-8-28-18-15(26)17(30-19(18)27)12(23)10-29-20-14(25)13(24)16(31-20)11(22)9-21/h11-27H,2-10H2,1H3/t11-,12-,13-,14-,15+,16+,17+,18-,19-,20-/m1/s1. The van der Waals surface area contributed by atoms with Gasteiger partial charge in [-0.05, 0) is 6.42 Å². The second-order valence-electron chi connectivity index (χ2n) is 8.19. The van der Waals surface area contributed by atoms with Crippen molar-refractivity contribution in [3.05, 3.63) is 0 Å². The molecular weight excluding hydrogens is 416 g/mol. The van der Waals surface area contributed by atoms with E-state index in [1.807, 2.05) is 0 Å². The highest BCUT2D eigenvalue weighted by atomic mass is 16.7. The second-order valence-corrected chi connectivity index (χ2v) is 8.19. The lowest BCUT2D eigenvalue weighted by Gasteiger charge is -2.24. The molecule has 10 atom stereocenters. The van der Waals surface area contributed by atoms with Crippen molar-refractivity contribution in [1.82, 2.24) is 0 Å². The van der Waals surface area contributed by atoms with E-state index in [1.165, 1.54) is 19.3 Å². The van der Waals surface area contributed by atoms with Gasteiger partial charge in [0.05, 0.1) is 13.2 Å². The minimum absolute atomic E-state index is 0.349. The molecule has 0 saturated carbocycles. The summed E-state index contributed by atoms with van der Waals surface area (Å²) in [6.45, 7) is 1.37. The van der Waals surface area contributed by atoms with Crippen molar-refractivity contribution < 1.29 is 54.7 Å². The molecule has 0 radical (unpaired) electrons. The fraction of sp³-hybridized carbons (Fsp3) is 1.00. The summed E-state index contributed by atoms with van der Waals surface area (Å²) in [5.41, 5.74) is 0. The number of hydrogen-bond acceptors (Lipinski definition) is 11. The van der Waals surface area contributed by atoms with Crippen LogP contribution in [0.4, 0.5) is 0 Å². The van der Waals surface area contributed by atoms with E-state index in [0.717, 1.165) is 19.3 Å². The molecule has 0 bridgehead atoms. The van der Waals surface area contributed by atoms with Gasteiger partial charge in [-0.15, -0.1) is 0 Å². The zero-order valence-electron chi connectivity index (χ0n) is 17.9. The van der Waals surface area contributed by atoms with E-state index in [1.54, 1.807) is 0 Å². The zero-order chi connectivity index (χ0) is 23.0. The summed E-state index contributed by atoms with van der Waals surface area (Å²) in [4.78, 5) is 0. The molecule has 0 aromatic carbocycles. The molecule has 11 nitrogen and oxygen atoms in total. The minimum Gasteiger partial charge on any atom is -0.394 e. The van der Waals surface area contributed by atoms with Crippen LogP contribution in [-0.2, 0) is 18.9 Å². The Hall–Kier alpha value is -0.440. The van der Waals surface area contributed by atoms with E-state index in [0.29, 0.717) is 6.61 Å². The Kier molecular flexibility index (Phi) is 11.5. The lowest BCUT2D eigenvalue weighted by atomic mass is 10.1. The predicted molar refractivity (Wildman–Crippen MR) is 106 cm³/mol. The maximum Gasteiger partial charge on any atom is 0.186 e. The van der Waals surface area contributed by atoms with E-state index in [9.17, 15) is 30.6 Å². The van der Waals surface area contributed by atoms with Crippen LogP contribution < -0.4 is 0 Å². The average Bonchev–Trinajstić information content (AvgIpc) is 3.21. The van der Waals surface area contributed by atoms with Gasteiger partial charge < -0.3 is 54.7 Å². The van der Waals surface area contributed by atoms with Gasteiger partial charge in [-0.3, -0.25) is 0 Å². The summed E-state index contributed by atoms with van der Waals surface area (Å²) in [5, 5.41) is 69.1. The summed E-state index contributed by atoms with van der Waals surface area (Å²) in [5.74, 6) is 0. The SMILES string of the molecule is CCCCCCCCO[C@@H]1[C@@H](O)[C@H]([C@H](O)CO[C@@H]2O[C@@H]([C@H](O)CO)[C@H](O)[C@H]2O)O[C@H]1O. The van der Waals surface area contributed by atoms with Crippen LogP contribution in [0.2, 0.25) is 0 Å². The lowest BCUT2D eigenvalue weighted by Crippen LogP contribution is -2.43. The summed E-state index contributed by atoms with van der Waals surface area (Å²) in [6.07, 6.45) is -6.90. The maximum absolute atomic E-state index is 10.4. The number of ether oxygens (including phenoxy) is 4. The van der Waals surface area contributed by atoms with Crippen LogP contribution in [0, 0.1) is 0 Å². The van der Waals surface area contributed by atoms with Crippen molar-refractivity contribution in [3.8, 4) is 0 Å². The molecule has 0 amide bonds. The van der Waals surface area contributed by atoms with Crippen LogP contribution in [0.1, 0.15) is 45.4 Å². The lowest BCUT2D eigenvalue weighted by molar-refractivity contribution is -0.206. The molecule has 2 aliphatic heterocycles. The third-order valence-corrected chi connectivity index (χ3v) is 5.69. The van der Waals surface area contributed by atoms with Crippen molar-refractivity contribution in [2.24, 2.45) is 0 Å². The van der Waals surface area contributed by atoms with E-state index in [4.69, 9.17) is 24.1 Å². The maximum atomic E-state index is 10.4. The summed E-state index contributed by atoms with van der Waals surface area (Å²) in [6, 6.07) is 0. The monoisotopic (exact) mass is 454 g/mol. The van der Waals surface area contributed by atoms with Crippen LogP contribution in [0.25, 0.3) is 0 Å². The van der Waals surface area contributed by atoms with Gasteiger partial charge >= 0.3 is 0 Å². The van der Waals surface area contributed by atoms with E-state index in [-0.39, 0.29) is 0 Å². The molecule has 2 fully saturated rings. The van der Waals surface area contributed by atoms with E-state index >= 15 is 0 Å². The predicted octanol–water partition coefficient (Wildman–Crippen LogP) is -2.01. The van der Waals surface area contributed by atoms with Gasteiger partial charge in [-0.2, -0.15) is 0 Å². The van der Waals surface area contributed by atoms with E-state index in [2.05, 4.69) is 6.92 Å². The van der Waals surface area contributed by atoms with Gasteiger partial charge in [-0.25, -0.2) is 0 Å². The molecule has 0 spiro atoms. The first-order valence-electron chi connectivity index (χ1n) is 11.0. The van der Waals surface area contributed by atoms with Crippen LogP contribution >= 0.6 is 0 Å². The molecule has 0 aromatic heterocycles. The highest BCUT2D eigenvalue weighted by molar-refractivity contribution is 4.93. The van der Waals surface area contributed by atoms with Gasteiger partial charge in [0.15, 0.2) is 12.6 Å². The van der Waals surface area contributed by atoms with E-state index < -0.39 is 74.6 Å². The highest BCUT2D eigenvalue weighted by Crippen LogP contribution is 2.28. The number of aliphatic hydroxyl groups is 7. The molecule has 7 N–H and O–H groups in total. The normalized spacial score (nSPS) is 37.9. The Labute approximate surface area is 182 Å². The van der Waals surface area contributed by atoms with Crippen LogP contribution in [0.3, 0.4) is 0 Å². The van der Waals surface area contributed by atoms with Crippen molar-refractivity contribution in [3.63, 3.8) is 0 Å². The van der Waals surface area contributed by atoms with Crippen LogP contribution in [0.15, 0.2) is 0 Å².